The van der Waals surface area contributed by atoms with Crippen LogP contribution in [0, 0.1) is 0 Å². The highest BCUT2D eigenvalue weighted by molar-refractivity contribution is 5.75. The van der Waals surface area contributed by atoms with Gasteiger partial charge < -0.3 is 5.11 Å². The largest absolute Gasteiger partial charge is 0.480 e. The van der Waals surface area contributed by atoms with Crippen LogP contribution in [0.5, 0.6) is 0 Å². The van der Waals surface area contributed by atoms with E-state index >= 15 is 0 Å². The minimum atomic E-state index is -0.742. The summed E-state index contributed by atoms with van der Waals surface area (Å²) in [7, 11) is 0. The molecule has 1 aliphatic rings. The van der Waals surface area contributed by atoms with Gasteiger partial charge in [0.05, 0.1) is 0 Å². The fraction of sp³-hybridized carbons (Fsp3) is 0.533. The van der Waals surface area contributed by atoms with Crippen molar-refractivity contribution in [3.63, 3.8) is 0 Å². The molecule has 1 aromatic carbocycles. The first-order chi connectivity index (χ1) is 8.79. The van der Waals surface area contributed by atoms with Crippen molar-refractivity contribution in [3.8, 4) is 0 Å². The lowest BCUT2D eigenvalue weighted by Gasteiger charge is -2.32. The zero-order chi connectivity index (χ0) is 13.4. The Bertz CT molecular complexity index is 345. The van der Waals surface area contributed by atoms with Crippen molar-refractivity contribution in [2.24, 2.45) is 0 Å². The Kier molecular flexibility index (Phi) is 6.44. The topological polar surface area (TPSA) is 40.5 Å². The standard InChI is InChI=1S/C13H17NO2.C2H6/c15-13(16)12(11-7-3-1-4-8-11)14-9-5-2-6-10-14;1-2/h1,3-4,7-8,12H,2,5-6,9-10H2,(H,15,16);1-2H3. The Morgan fingerprint density at radius 1 is 1.11 bits per heavy atom. The van der Waals surface area contributed by atoms with E-state index in [4.69, 9.17) is 0 Å². The highest BCUT2D eigenvalue weighted by Crippen LogP contribution is 2.24. The first-order valence-corrected chi connectivity index (χ1v) is 6.81. The van der Waals surface area contributed by atoms with Gasteiger partial charge in [0.1, 0.15) is 6.04 Å². The monoisotopic (exact) mass is 249 g/mol. The van der Waals surface area contributed by atoms with Crippen LogP contribution in [0.1, 0.15) is 44.7 Å². The number of carbonyl (C=O) groups is 1. The Morgan fingerprint density at radius 2 is 1.67 bits per heavy atom. The maximum Gasteiger partial charge on any atom is 0.325 e. The van der Waals surface area contributed by atoms with Gasteiger partial charge in [-0.25, -0.2) is 0 Å². The summed E-state index contributed by atoms with van der Waals surface area (Å²) in [4.78, 5) is 13.4. The third-order valence-corrected chi connectivity index (χ3v) is 3.11. The average Bonchev–Trinajstić information content (AvgIpc) is 2.43. The SMILES string of the molecule is CC.O=C(O)C(c1ccccc1)N1CCCCC1. The van der Waals surface area contributed by atoms with E-state index in [0.717, 1.165) is 31.5 Å². The number of likely N-dealkylation sites (tertiary alicyclic amines) is 1. The number of piperidine rings is 1. The zero-order valence-electron chi connectivity index (χ0n) is 11.3. The van der Waals surface area contributed by atoms with Gasteiger partial charge in [-0.3, -0.25) is 9.69 Å². The van der Waals surface area contributed by atoms with Gasteiger partial charge in [-0.2, -0.15) is 0 Å². The highest BCUT2D eigenvalue weighted by atomic mass is 16.4. The Morgan fingerprint density at radius 3 is 2.17 bits per heavy atom. The lowest BCUT2D eigenvalue weighted by atomic mass is 10.0. The molecule has 1 atom stereocenters. The summed E-state index contributed by atoms with van der Waals surface area (Å²) in [5.41, 5.74) is 0.886. The van der Waals surface area contributed by atoms with Crippen LogP contribution in [0.4, 0.5) is 0 Å². The van der Waals surface area contributed by atoms with Crippen LogP contribution >= 0.6 is 0 Å². The molecule has 3 nitrogen and oxygen atoms in total. The predicted molar refractivity (Wildman–Crippen MR) is 73.6 cm³/mol. The number of rotatable bonds is 3. The van der Waals surface area contributed by atoms with E-state index in [0.29, 0.717) is 0 Å². The highest BCUT2D eigenvalue weighted by Gasteiger charge is 2.27. The molecular weight excluding hydrogens is 226 g/mol. The van der Waals surface area contributed by atoms with Crippen LogP contribution in [0.15, 0.2) is 30.3 Å². The summed E-state index contributed by atoms with van der Waals surface area (Å²) in [6.45, 7) is 5.79. The van der Waals surface area contributed by atoms with E-state index < -0.39 is 12.0 Å². The minimum Gasteiger partial charge on any atom is -0.480 e. The van der Waals surface area contributed by atoms with Crippen LogP contribution in [0.25, 0.3) is 0 Å². The smallest absolute Gasteiger partial charge is 0.325 e. The average molecular weight is 249 g/mol. The van der Waals surface area contributed by atoms with Crippen molar-refractivity contribution in [3.05, 3.63) is 35.9 Å². The molecule has 0 amide bonds. The van der Waals surface area contributed by atoms with Gasteiger partial charge in [0.25, 0.3) is 0 Å². The van der Waals surface area contributed by atoms with Crippen LogP contribution in [0.3, 0.4) is 0 Å². The van der Waals surface area contributed by atoms with E-state index in [1.54, 1.807) is 0 Å². The summed E-state index contributed by atoms with van der Waals surface area (Å²) >= 11 is 0. The second-order valence-corrected chi connectivity index (χ2v) is 4.25. The molecule has 18 heavy (non-hydrogen) atoms. The van der Waals surface area contributed by atoms with E-state index in [2.05, 4.69) is 4.90 Å². The molecule has 1 heterocycles. The molecule has 0 aliphatic carbocycles. The summed E-state index contributed by atoms with van der Waals surface area (Å²) in [6.07, 6.45) is 3.44. The second-order valence-electron chi connectivity index (χ2n) is 4.25. The normalized spacial score (nSPS) is 17.4. The Balaban J connectivity index is 0.000000771. The third-order valence-electron chi connectivity index (χ3n) is 3.11. The summed E-state index contributed by atoms with van der Waals surface area (Å²) in [5.74, 6) is -0.742. The van der Waals surface area contributed by atoms with Crippen molar-refractivity contribution >= 4 is 5.97 Å². The predicted octanol–water partition coefficient (Wildman–Crippen LogP) is 3.32. The fourth-order valence-corrected chi connectivity index (χ4v) is 2.32. The Labute approximate surface area is 109 Å². The van der Waals surface area contributed by atoms with Gasteiger partial charge in [0.2, 0.25) is 0 Å². The molecule has 1 N–H and O–H groups in total. The number of carboxylic acid groups (broad SMARTS) is 1. The number of nitrogens with zero attached hydrogens (tertiary/aromatic N) is 1. The van der Waals surface area contributed by atoms with Crippen LogP contribution < -0.4 is 0 Å². The van der Waals surface area contributed by atoms with Crippen LogP contribution in [-0.2, 0) is 4.79 Å². The molecule has 1 unspecified atom stereocenters. The van der Waals surface area contributed by atoms with Gasteiger partial charge >= 0.3 is 5.97 Å². The molecule has 100 valence electrons. The molecule has 1 fully saturated rings. The molecule has 2 rings (SSSR count). The number of aliphatic carboxylic acids is 1. The molecular formula is C15H23NO2. The Hall–Kier alpha value is -1.35. The van der Waals surface area contributed by atoms with Gasteiger partial charge in [0.15, 0.2) is 0 Å². The molecule has 0 saturated carbocycles. The maximum atomic E-state index is 11.4. The van der Waals surface area contributed by atoms with Gasteiger partial charge in [-0.1, -0.05) is 50.6 Å². The summed E-state index contributed by atoms with van der Waals surface area (Å²) < 4.78 is 0. The van der Waals surface area contributed by atoms with E-state index in [1.807, 2.05) is 44.2 Å². The molecule has 1 saturated heterocycles. The maximum absolute atomic E-state index is 11.4. The first kappa shape index (κ1) is 14.7. The van der Waals surface area contributed by atoms with Crippen LogP contribution in [0.2, 0.25) is 0 Å². The van der Waals surface area contributed by atoms with Crippen molar-refractivity contribution in [2.75, 3.05) is 13.1 Å². The molecule has 0 radical (unpaired) electrons. The summed E-state index contributed by atoms with van der Waals surface area (Å²) in [5, 5.41) is 9.34. The van der Waals surface area contributed by atoms with Crippen molar-refractivity contribution < 1.29 is 9.90 Å². The van der Waals surface area contributed by atoms with E-state index in [-0.39, 0.29) is 0 Å². The van der Waals surface area contributed by atoms with E-state index in [9.17, 15) is 9.90 Å². The van der Waals surface area contributed by atoms with E-state index in [1.165, 1.54) is 6.42 Å². The number of hydrogen-bond acceptors (Lipinski definition) is 2. The minimum absolute atomic E-state index is 0.471. The quantitative estimate of drug-likeness (QED) is 0.893. The van der Waals surface area contributed by atoms with Crippen molar-refractivity contribution in [2.45, 2.75) is 39.2 Å². The second kappa shape index (κ2) is 7.88. The first-order valence-electron chi connectivity index (χ1n) is 6.81. The number of hydrogen-bond donors (Lipinski definition) is 1. The molecule has 1 aromatic rings. The fourth-order valence-electron chi connectivity index (χ4n) is 2.32. The number of carboxylic acids is 1. The molecule has 0 aromatic heterocycles. The lowest BCUT2D eigenvalue weighted by Crippen LogP contribution is -2.37. The van der Waals surface area contributed by atoms with Gasteiger partial charge in [-0.05, 0) is 31.5 Å². The molecule has 3 heteroatoms. The number of benzene rings is 1. The molecule has 1 aliphatic heterocycles. The van der Waals surface area contributed by atoms with Crippen LogP contribution in [-0.4, -0.2) is 29.1 Å². The van der Waals surface area contributed by atoms with Crippen molar-refractivity contribution in [1.82, 2.24) is 4.90 Å². The van der Waals surface area contributed by atoms with Gasteiger partial charge in [0, 0.05) is 0 Å². The molecule has 0 bridgehead atoms. The molecule has 0 spiro atoms. The van der Waals surface area contributed by atoms with Crippen molar-refractivity contribution in [1.29, 1.82) is 0 Å². The summed E-state index contributed by atoms with van der Waals surface area (Å²) in [6, 6.07) is 9.03. The van der Waals surface area contributed by atoms with Gasteiger partial charge in [-0.15, -0.1) is 0 Å². The lowest BCUT2D eigenvalue weighted by molar-refractivity contribution is -0.144. The zero-order valence-corrected chi connectivity index (χ0v) is 11.3. The third kappa shape index (κ3) is 3.84.